The van der Waals surface area contributed by atoms with Gasteiger partial charge in [-0.25, -0.2) is 14.0 Å². The summed E-state index contributed by atoms with van der Waals surface area (Å²) in [6.45, 7) is 12.5. The monoisotopic (exact) mass is 640 g/mol. The number of hydrogen-bond acceptors (Lipinski definition) is 7. The molecule has 0 radical (unpaired) electrons. The van der Waals surface area contributed by atoms with Gasteiger partial charge in [0.2, 0.25) is 0 Å². The average Bonchev–Trinajstić information content (AvgIpc) is 3.33. The number of rotatable bonds is 15. The predicted octanol–water partition coefficient (Wildman–Crippen LogP) is 6.79. The molecule has 2 aromatic carbocycles. The van der Waals surface area contributed by atoms with Crippen LogP contribution in [0.15, 0.2) is 42.5 Å². The van der Waals surface area contributed by atoms with Crippen LogP contribution < -0.4 is 15.4 Å². The number of benzene rings is 2. The number of unbranched alkanes of at least 4 members (excludes halogenated alkanes) is 5. The standard InChI is InChI=1S/C35H49FN4O6/c1-34(2,3)30(32(42)44-7)38-31(41)29-27-19-18-26(22-28(27)40(39-29)23-24-14-16-25(36)17-15-24)45-21-13-11-9-8-10-12-20-37-33(43)46-35(4,5)6/h14-19,22,30H,8-13,20-21,23H2,1-7H3,(H,37,43)(H,38,41). The molecule has 1 atom stereocenters. The molecule has 46 heavy (non-hydrogen) atoms. The van der Waals surface area contributed by atoms with Gasteiger partial charge in [-0.2, -0.15) is 5.10 Å². The second-order valence-corrected chi connectivity index (χ2v) is 13.5. The third-order valence-corrected chi connectivity index (χ3v) is 7.27. The van der Waals surface area contributed by atoms with E-state index in [1.54, 1.807) is 22.9 Å². The molecule has 0 fully saturated rings. The highest BCUT2D eigenvalue weighted by molar-refractivity contribution is 6.06. The third kappa shape index (κ3) is 11.3. The predicted molar refractivity (Wildman–Crippen MR) is 175 cm³/mol. The highest BCUT2D eigenvalue weighted by atomic mass is 19.1. The first-order valence-corrected chi connectivity index (χ1v) is 15.9. The quantitative estimate of drug-likeness (QED) is 0.139. The lowest BCUT2D eigenvalue weighted by Gasteiger charge is -2.28. The van der Waals surface area contributed by atoms with E-state index in [9.17, 15) is 18.8 Å². The van der Waals surface area contributed by atoms with Crippen LogP contribution in [0, 0.1) is 11.2 Å². The molecule has 0 aliphatic heterocycles. The van der Waals surface area contributed by atoms with Gasteiger partial charge in [0, 0.05) is 18.0 Å². The second-order valence-electron chi connectivity index (χ2n) is 13.5. The molecular formula is C35H49FN4O6. The van der Waals surface area contributed by atoms with E-state index in [0.29, 0.717) is 36.3 Å². The number of aromatic nitrogens is 2. The Bertz CT molecular complexity index is 1460. The molecule has 252 valence electrons. The molecule has 0 saturated heterocycles. The molecule has 10 nitrogen and oxygen atoms in total. The summed E-state index contributed by atoms with van der Waals surface area (Å²) < 4.78 is 31.5. The number of ether oxygens (including phenoxy) is 3. The molecule has 1 unspecified atom stereocenters. The molecule has 3 aromatic rings. The number of esters is 1. The van der Waals surface area contributed by atoms with Crippen LogP contribution in [-0.2, 0) is 20.8 Å². The summed E-state index contributed by atoms with van der Waals surface area (Å²) in [6.07, 6.45) is 5.59. The van der Waals surface area contributed by atoms with Crippen LogP contribution in [0.3, 0.4) is 0 Å². The van der Waals surface area contributed by atoms with E-state index >= 15 is 0 Å². The minimum atomic E-state index is -0.876. The first-order chi connectivity index (χ1) is 21.7. The Kier molecular flexibility index (Phi) is 13.0. The molecule has 0 aliphatic rings. The fourth-order valence-electron chi connectivity index (χ4n) is 4.87. The van der Waals surface area contributed by atoms with Crippen molar-refractivity contribution in [1.82, 2.24) is 20.4 Å². The van der Waals surface area contributed by atoms with Crippen molar-refractivity contribution in [3.8, 4) is 5.75 Å². The fraction of sp³-hybridized carbons (Fsp3) is 0.543. The first-order valence-electron chi connectivity index (χ1n) is 15.9. The molecule has 1 heterocycles. The summed E-state index contributed by atoms with van der Waals surface area (Å²) in [5.74, 6) is -0.726. The van der Waals surface area contributed by atoms with Crippen LogP contribution >= 0.6 is 0 Å². The Morgan fingerprint density at radius 1 is 0.913 bits per heavy atom. The van der Waals surface area contributed by atoms with Gasteiger partial charge in [0.1, 0.15) is 23.2 Å². The van der Waals surface area contributed by atoms with Gasteiger partial charge in [-0.15, -0.1) is 0 Å². The molecule has 1 aromatic heterocycles. The Morgan fingerprint density at radius 3 is 2.20 bits per heavy atom. The van der Waals surface area contributed by atoms with E-state index in [1.807, 2.05) is 53.7 Å². The number of carbonyl (C=O) groups excluding carboxylic acids is 3. The maximum Gasteiger partial charge on any atom is 0.407 e. The summed E-state index contributed by atoms with van der Waals surface area (Å²) in [6, 6.07) is 10.7. The highest BCUT2D eigenvalue weighted by Gasteiger charge is 2.35. The van der Waals surface area contributed by atoms with Crippen molar-refractivity contribution >= 4 is 28.9 Å². The topological polar surface area (TPSA) is 121 Å². The molecular weight excluding hydrogens is 591 g/mol. The second kappa shape index (κ2) is 16.4. The minimum absolute atomic E-state index is 0.170. The van der Waals surface area contributed by atoms with Crippen molar-refractivity contribution in [2.75, 3.05) is 20.3 Å². The SMILES string of the molecule is COC(=O)C(NC(=O)c1nn(Cc2ccc(F)cc2)c2cc(OCCCCCCCCNC(=O)OC(C)(C)C)ccc12)C(C)(C)C. The van der Waals surface area contributed by atoms with Crippen LogP contribution in [0.4, 0.5) is 9.18 Å². The molecule has 0 saturated carbocycles. The molecule has 3 rings (SSSR count). The van der Waals surface area contributed by atoms with Gasteiger partial charge < -0.3 is 24.8 Å². The van der Waals surface area contributed by atoms with Crippen molar-refractivity contribution in [3.05, 3.63) is 59.5 Å². The Hall–Kier alpha value is -4.15. The lowest BCUT2D eigenvalue weighted by atomic mass is 9.86. The van der Waals surface area contributed by atoms with Gasteiger partial charge in [0.05, 0.1) is 25.8 Å². The number of fused-ring (bicyclic) bond motifs is 1. The van der Waals surface area contributed by atoms with Crippen LogP contribution in [0.25, 0.3) is 10.9 Å². The van der Waals surface area contributed by atoms with Gasteiger partial charge in [0.15, 0.2) is 5.69 Å². The molecule has 2 N–H and O–H groups in total. The Balaban J connectivity index is 1.60. The van der Waals surface area contributed by atoms with Gasteiger partial charge >= 0.3 is 12.1 Å². The lowest BCUT2D eigenvalue weighted by molar-refractivity contribution is -0.145. The number of hydrogen-bond donors (Lipinski definition) is 2. The van der Waals surface area contributed by atoms with Gasteiger partial charge in [0.25, 0.3) is 5.91 Å². The van der Waals surface area contributed by atoms with Crippen molar-refractivity contribution in [3.63, 3.8) is 0 Å². The smallest absolute Gasteiger partial charge is 0.407 e. The first kappa shape index (κ1) is 36.3. The molecule has 0 spiro atoms. The number of carbonyl (C=O) groups is 3. The Labute approximate surface area is 271 Å². The van der Waals surface area contributed by atoms with Crippen LogP contribution in [0.1, 0.15) is 96.1 Å². The van der Waals surface area contributed by atoms with Crippen molar-refractivity contribution in [2.24, 2.45) is 5.41 Å². The molecule has 0 bridgehead atoms. The van der Waals surface area contributed by atoms with E-state index in [0.717, 1.165) is 44.1 Å². The van der Waals surface area contributed by atoms with E-state index in [2.05, 4.69) is 15.7 Å². The summed E-state index contributed by atoms with van der Waals surface area (Å²) in [7, 11) is 1.29. The van der Waals surface area contributed by atoms with Gasteiger partial charge in [-0.05, 0) is 68.9 Å². The average molecular weight is 641 g/mol. The number of nitrogens with one attached hydrogen (secondary N) is 2. The number of alkyl carbamates (subject to hydrolysis) is 1. The van der Waals surface area contributed by atoms with Gasteiger partial charge in [-0.1, -0.05) is 58.6 Å². The molecule has 11 heteroatoms. The van der Waals surface area contributed by atoms with Crippen LogP contribution in [0.5, 0.6) is 5.75 Å². The summed E-state index contributed by atoms with van der Waals surface area (Å²) in [5.41, 5.74) is 0.577. The zero-order valence-corrected chi connectivity index (χ0v) is 28.2. The maximum atomic E-state index is 13.5. The molecule has 0 aliphatic carbocycles. The number of halogens is 1. The highest BCUT2D eigenvalue weighted by Crippen LogP contribution is 2.27. The lowest BCUT2D eigenvalue weighted by Crippen LogP contribution is -2.49. The van der Waals surface area contributed by atoms with E-state index in [-0.39, 0.29) is 17.6 Å². The van der Waals surface area contributed by atoms with Crippen molar-refractivity contribution < 1.29 is 33.0 Å². The van der Waals surface area contributed by atoms with Crippen molar-refractivity contribution in [2.45, 2.75) is 98.3 Å². The number of amides is 2. The molecule has 2 amide bonds. The number of nitrogens with zero attached hydrogens (tertiary/aromatic N) is 2. The maximum absolute atomic E-state index is 13.5. The Morgan fingerprint density at radius 2 is 1.57 bits per heavy atom. The van der Waals surface area contributed by atoms with E-state index in [4.69, 9.17) is 14.2 Å². The van der Waals surface area contributed by atoms with Crippen LogP contribution in [0.2, 0.25) is 0 Å². The zero-order chi connectivity index (χ0) is 33.9. The fourth-order valence-corrected chi connectivity index (χ4v) is 4.87. The largest absolute Gasteiger partial charge is 0.494 e. The van der Waals surface area contributed by atoms with E-state index in [1.165, 1.54) is 19.2 Å². The number of methoxy groups -OCH3 is 1. The normalized spacial score (nSPS) is 12.4. The summed E-state index contributed by atoms with van der Waals surface area (Å²) >= 11 is 0. The summed E-state index contributed by atoms with van der Waals surface area (Å²) in [5, 5.41) is 10.8. The van der Waals surface area contributed by atoms with Crippen molar-refractivity contribution in [1.29, 1.82) is 0 Å². The van der Waals surface area contributed by atoms with E-state index < -0.39 is 28.9 Å². The summed E-state index contributed by atoms with van der Waals surface area (Å²) in [4.78, 5) is 37.6. The minimum Gasteiger partial charge on any atom is -0.494 e. The van der Waals surface area contributed by atoms with Crippen LogP contribution in [-0.4, -0.2) is 59.7 Å². The third-order valence-electron chi connectivity index (χ3n) is 7.27. The zero-order valence-electron chi connectivity index (χ0n) is 28.2. The van der Waals surface area contributed by atoms with Gasteiger partial charge in [-0.3, -0.25) is 9.48 Å².